The van der Waals surface area contributed by atoms with Crippen LogP contribution >= 0.6 is 0 Å². The zero-order valence-corrected chi connectivity index (χ0v) is 20.4. The van der Waals surface area contributed by atoms with Crippen molar-refractivity contribution in [3.63, 3.8) is 0 Å². The van der Waals surface area contributed by atoms with Crippen molar-refractivity contribution in [1.82, 2.24) is 0 Å². The number of anilines is 1. The molecule has 35 heavy (non-hydrogen) atoms. The summed E-state index contributed by atoms with van der Waals surface area (Å²) >= 11 is 0. The molecule has 0 saturated carbocycles. The van der Waals surface area contributed by atoms with E-state index in [-0.39, 0.29) is 30.0 Å². The minimum absolute atomic E-state index is 0.114. The molecule has 9 nitrogen and oxygen atoms in total. The highest BCUT2D eigenvalue weighted by atomic mass is 16.6. The average molecular weight is 481 g/mol. The van der Waals surface area contributed by atoms with Crippen molar-refractivity contribution in [1.29, 1.82) is 0 Å². The fourth-order valence-electron chi connectivity index (χ4n) is 4.33. The molecule has 0 aromatic heterocycles. The summed E-state index contributed by atoms with van der Waals surface area (Å²) in [5, 5.41) is 11.5. The first-order chi connectivity index (χ1) is 16.8. The fraction of sp³-hybridized carbons (Fsp3) is 0.308. The molecule has 2 aromatic rings. The summed E-state index contributed by atoms with van der Waals surface area (Å²) in [6.45, 7) is 7.09. The van der Waals surface area contributed by atoms with Crippen molar-refractivity contribution in [2.75, 3.05) is 25.2 Å². The Labute approximate surface area is 203 Å². The molecule has 0 aliphatic carbocycles. The van der Waals surface area contributed by atoms with E-state index in [2.05, 4.69) is 0 Å². The molecule has 2 aromatic carbocycles. The summed E-state index contributed by atoms with van der Waals surface area (Å²) in [7, 11) is 1.53. The first kappa shape index (κ1) is 25.5. The number of non-ortho nitro benzene ring substituents is 1. The molecule has 0 radical (unpaired) electrons. The predicted molar refractivity (Wildman–Crippen MR) is 130 cm³/mol. The number of nitro benzene ring substituents is 1. The summed E-state index contributed by atoms with van der Waals surface area (Å²) in [5.41, 5.74) is 2.26. The lowest BCUT2D eigenvalue weighted by Crippen LogP contribution is -2.35. The number of para-hydroxylation sites is 2. The highest BCUT2D eigenvalue weighted by Crippen LogP contribution is 2.46. The highest BCUT2D eigenvalue weighted by molar-refractivity contribution is 6.02. The number of hydrogen-bond donors (Lipinski definition) is 0. The summed E-state index contributed by atoms with van der Waals surface area (Å²) in [6, 6.07) is 13.1. The number of benzene rings is 2. The zero-order valence-electron chi connectivity index (χ0n) is 20.4. The second kappa shape index (κ2) is 10.9. The molecule has 184 valence electrons. The molecule has 3 rings (SSSR count). The van der Waals surface area contributed by atoms with Gasteiger partial charge in [0.1, 0.15) is 5.75 Å². The molecule has 0 bridgehead atoms. The standard InChI is InChI=1S/C26H28N2O7/c1-6-34-25(29)22-16(3)27(20-13-8-9-14-21(20)33-5)17(4)23(26(30)35-7-2)24(22)18-11-10-12-19(15-18)28(31)32/h8-15,24H,6-7H2,1-5H3. The topological polar surface area (TPSA) is 108 Å². The Kier molecular flexibility index (Phi) is 7.91. The molecule has 0 spiro atoms. The van der Waals surface area contributed by atoms with Crippen molar-refractivity contribution in [3.8, 4) is 5.75 Å². The Balaban J connectivity index is 2.38. The largest absolute Gasteiger partial charge is 0.495 e. The van der Waals surface area contributed by atoms with Gasteiger partial charge in [0.05, 0.1) is 48.0 Å². The maximum atomic E-state index is 13.3. The number of carbonyl (C=O) groups is 2. The van der Waals surface area contributed by atoms with Crippen LogP contribution in [-0.4, -0.2) is 37.2 Å². The zero-order chi connectivity index (χ0) is 25.7. The second-order valence-corrected chi connectivity index (χ2v) is 7.73. The minimum Gasteiger partial charge on any atom is -0.495 e. The van der Waals surface area contributed by atoms with Gasteiger partial charge in [-0.05, 0) is 45.4 Å². The molecule has 1 heterocycles. The third-order valence-corrected chi connectivity index (χ3v) is 5.76. The second-order valence-electron chi connectivity index (χ2n) is 7.73. The third kappa shape index (κ3) is 4.89. The number of hydrogen-bond acceptors (Lipinski definition) is 8. The van der Waals surface area contributed by atoms with E-state index in [0.29, 0.717) is 28.4 Å². The number of carbonyl (C=O) groups excluding carboxylic acids is 2. The first-order valence-corrected chi connectivity index (χ1v) is 11.2. The van der Waals surface area contributed by atoms with Crippen LogP contribution in [0.15, 0.2) is 71.1 Å². The van der Waals surface area contributed by atoms with Crippen LogP contribution in [0.5, 0.6) is 5.75 Å². The lowest BCUT2D eigenvalue weighted by atomic mass is 9.79. The Morgan fingerprint density at radius 2 is 1.51 bits per heavy atom. The van der Waals surface area contributed by atoms with Crippen LogP contribution in [0.4, 0.5) is 11.4 Å². The monoisotopic (exact) mass is 480 g/mol. The molecule has 1 aliphatic rings. The van der Waals surface area contributed by atoms with Gasteiger partial charge < -0.3 is 19.1 Å². The number of nitrogens with zero attached hydrogens (tertiary/aromatic N) is 2. The van der Waals surface area contributed by atoms with Crippen LogP contribution in [0.3, 0.4) is 0 Å². The Hall–Kier alpha value is -4.14. The van der Waals surface area contributed by atoms with E-state index in [1.54, 1.807) is 44.7 Å². The van der Waals surface area contributed by atoms with E-state index in [1.807, 2.05) is 18.2 Å². The number of allylic oxidation sites excluding steroid dienone is 2. The minimum atomic E-state index is -0.932. The van der Waals surface area contributed by atoms with Gasteiger partial charge >= 0.3 is 11.9 Å². The molecule has 0 unspecified atom stereocenters. The first-order valence-electron chi connectivity index (χ1n) is 11.2. The summed E-state index contributed by atoms with van der Waals surface area (Å²) in [6.07, 6.45) is 0. The average Bonchev–Trinajstić information content (AvgIpc) is 2.84. The normalized spacial score (nSPS) is 14.1. The van der Waals surface area contributed by atoms with Crippen molar-refractivity contribution in [3.05, 3.63) is 86.7 Å². The van der Waals surface area contributed by atoms with Crippen molar-refractivity contribution in [2.24, 2.45) is 0 Å². The van der Waals surface area contributed by atoms with Crippen LogP contribution in [0.1, 0.15) is 39.2 Å². The molecule has 0 amide bonds. The summed E-state index contributed by atoms with van der Waals surface area (Å²) < 4.78 is 16.3. The van der Waals surface area contributed by atoms with Crippen LogP contribution in [0.25, 0.3) is 0 Å². The predicted octanol–water partition coefficient (Wildman–Crippen LogP) is 4.88. The van der Waals surface area contributed by atoms with Crippen LogP contribution in [0.2, 0.25) is 0 Å². The maximum Gasteiger partial charge on any atom is 0.336 e. The van der Waals surface area contributed by atoms with Crippen molar-refractivity contribution < 1.29 is 28.7 Å². The van der Waals surface area contributed by atoms with Gasteiger partial charge in [-0.1, -0.05) is 24.3 Å². The van der Waals surface area contributed by atoms with Gasteiger partial charge in [-0.2, -0.15) is 0 Å². The molecule has 0 saturated heterocycles. The number of nitro groups is 1. The number of methoxy groups -OCH3 is 1. The Bertz CT molecular complexity index is 1170. The van der Waals surface area contributed by atoms with Crippen LogP contribution in [0, 0.1) is 10.1 Å². The fourth-order valence-corrected chi connectivity index (χ4v) is 4.33. The van der Waals surface area contributed by atoms with E-state index in [0.717, 1.165) is 0 Å². The highest BCUT2D eigenvalue weighted by Gasteiger charge is 2.41. The Morgan fingerprint density at radius 1 is 0.943 bits per heavy atom. The van der Waals surface area contributed by atoms with E-state index < -0.39 is 22.8 Å². The maximum absolute atomic E-state index is 13.3. The number of esters is 2. The lowest BCUT2D eigenvalue weighted by Gasteiger charge is -2.38. The van der Waals surface area contributed by atoms with Gasteiger partial charge in [0.2, 0.25) is 0 Å². The van der Waals surface area contributed by atoms with E-state index in [9.17, 15) is 19.7 Å². The molecule has 1 aliphatic heterocycles. The van der Waals surface area contributed by atoms with E-state index in [1.165, 1.54) is 25.3 Å². The molecule has 9 heteroatoms. The lowest BCUT2D eigenvalue weighted by molar-refractivity contribution is -0.384. The SMILES string of the molecule is CCOC(=O)C1=C(C)N(c2ccccc2OC)C(C)=C(C(=O)OCC)C1c1cccc([N+](=O)[O-])c1. The Morgan fingerprint density at radius 3 is 2.03 bits per heavy atom. The molecular formula is C26H28N2O7. The molecular weight excluding hydrogens is 452 g/mol. The number of rotatable bonds is 8. The molecule has 0 fully saturated rings. The van der Waals surface area contributed by atoms with E-state index in [4.69, 9.17) is 14.2 Å². The van der Waals surface area contributed by atoms with Gasteiger partial charge in [-0.25, -0.2) is 9.59 Å². The van der Waals surface area contributed by atoms with Crippen LogP contribution in [-0.2, 0) is 19.1 Å². The van der Waals surface area contributed by atoms with E-state index >= 15 is 0 Å². The van der Waals surface area contributed by atoms with Gasteiger partial charge in [0, 0.05) is 23.5 Å². The van der Waals surface area contributed by atoms with Crippen LogP contribution < -0.4 is 9.64 Å². The molecule has 0 atom stereocenters. The summed E-state index contributed by atoms with van der Waals surface area (Å²) in [5.74, 6) is -1.66. The van der Waals surface area contributed by atoms with Gasteiger partial charge in [0.15, 0.2) is 0 Å². The smallest absolute Gasteiger partial charge is 0.336 e. The van der Waals surface area contributed by atoms with Gasteiger partial charge in [0.25, 0.3) is 5.69 Å². The van der Waals surface area contributed by atoms with Gasteiger partial charge in [-0.15, -0.1) is 0 Å². The van der Waals surface area contributed by atoms with Gasteiger partial charge in [-0.3, -0.25) is 10.1 Å². The quantitative estimate of drug-likeness (QED) is 0.299. The number of ether oxygens (including phenoxy) is 3. The summed E-state index contributed by atoms with van der Waals surface area (Å²) in [4.78, 5) is 39.4. The van der Waals surface area contributed by atoms with Crippen molar-refractivity contribution in [2.45, 2.75) is 33.6 Å². The van der Waals surface area contributed by atoms with Crippen molar-refractivity contribution >= 4 is 23.3 Å². The molecule has 0 N–H and O–H groups in total. The third-order valence-electron chi connectivity index (χ3n) is 5.76.